The molecule has 0 spiro atoms. The SMILES string of the molecule is CC(C)ON=C(C(=O)NC1C(=O)N2C(C(=O)O)=C(CSc3nncs3)CS[C@@H]12)c1csc(N)n1. The van der Waals surface area contributed by atoms with Gasteiger partial charge in [0.2, 0.25) is 0 Å². The number of aromatic nitrogens is 3. The molecule has 180 valence electrons. The summed E-state index contributed by atoms with van der Waals surface area (Å²) in [5.74, 6) is -1.60. The summed E-state index contributed by atoms with van der Waals surface area (Å²) in [5, 5.41) is 25.3. The Hall–Kier alpha value is -2.69. The number of carbonyl (C=O) groups is 3. The maximum Gasteiger partial charge on any atom is 0.352 e. The number of nitrogens with zero attached hydrogens (tertiary/aromatic N) is 5. The van der Waals surface area contributed by atoms with Crippen molar-refractivity contribution in [1.29, 1.82) is 0 Å². The topological polar surface area (TPSA) is 173 Å². The molecule has 12 nitrogen and oxygen atoms in total. The van der Waals surface area contributed by atoms with E-state index in [0.29, 0.717) is 21.4 Å². The number of hydrogen-bond donors (Lipinski definition) is 3. The number of carboxylic acid groups (broad SMARTS) is 1. The van der Waals surface area contributed by atoms with E-state index in [-0.39, 0.29) is 28.3 Å². The van der Waals surface area contributed by atoms with E-state index in [9.17, 15) is 19.5 Å². The maximum atomic E-state index is 13.0. The van der Waals surface area contributed by atoms with Gasteiger partial charge in [0, 0.05) is 16.9 Å². The molecule has 1 saturated heterocycles. The largest absolute Gasteiger partial charge is 0.477 e. The summed E-state index contributed by atoms with van der Waals surface area (Å²) in [6.07, 6.45) is -0.284. The summed E-state index contributed by atoms with van der Waals surface area (Å²) in [4.78, 5) is 48.4. The molecule has 2 amide bonds. The van der Waals surface area contributed by atoms with Gasteiger partial charge in [-0.25, -0.2) is 9.78 Å². The van der Waals surface area contributed by atoms with Crippen LogP contribution in [0.1, 0.15) is 19.5 Å². The van der Waals surface area contributed by atoms with Gasteiger partial charge in [-0.3, -0.25) is 14.5 Å². The lowest BCUT2D eigenvalue weighted by Gasteiger charge is -2.49. The number of carboxylic acids is 1. The number of hydrogen-bond acceptors (Lipinski definition) is 13. The molecule has 0 bridgehead atoms. The minimum absolute atomic E-state index is 0.0550. The van der Waals surface area contributed by atoms with Crippen LogP contribution in [0.2, 0.25) is 0 Å². The Bertz CT molecular complexity index is 1160. The zero-order valence-electron chi connectivity index (χ0n) is 17.8. The van der Waals surface area contributed by atoms with Gasteiger partial charge in [0.15, 0.2) is 15.2 Å². The molecule has 0 aliphatic carbocycles. The average Bonchev–Trinajstić information content (AvgIpc) is 3.47. The molecular weight excluding hydrogens is 523 g/mol. The van der Waals surface area contributed by atoms with Crippen molar-refractivity contribution in [2.24, 2.45) is 5.16 Å². The van der Waals surface area contributed by atoms with Crippen molar-refractivity contribution in [1.82, 2.24) is 25.4 Å². The standard InChI is InChI=1S/C18H19N7O5S4/c1-7(2)30-24-10(9-5-32-17(19)21-9)13(26)22-11-14(27)25-12(16(28)29)8(3-31-15(11)25)4-33-18-23-20-6-34-18/h5-7,11,15H,3-4H2,1-2H3,(H2,19,21)(H,22,26)(H,28,29)/t11?,15-/m0/s1. The third kappa shape index (κ3) is 5.03. The predicted octanol–water partition coefficient (Wildman–Crippen LogP) is 1.24. The first-order chi connectivity index (χ1) is 16.3. The molecule has 2 aliphatic rings. The molecule has 4 rings (SSSR count). The third-order valence-corrected chi connectivity index (χ3v) is 8.54. The molecule has 4 N–H and O–H groups in total. The Morgan fingerprint density at radius 2 is 2.24 bits per heavy atom. The number of β-lactam (4-membered cyclic amide) rings is 1. The number of anilines is 1. The minimum Gasteiger partial charge on any atom is -0.477 e. The predicted molar refractivity (Wildman–Crippen MR) is 130 cm³/mol. The smallest absolute Gasteiger partial charge is 0.352 e. The molecule has 2 aromatic heterocycles. The molecule has 4 heterocycles. The van der Waals surface area contributed by atoms with Crippen molar-refractivity contribution >= 4 is 74.8 Å². The van der Waals surface area contributed by atoms with Crippen LogP contribution in [0.15, 0.2) is 31.7 Å². The molecule has 0 saturated carbocycles. The van der Waals surface area contributed by atoms with Gasteiger partial charge in [-0.2, -0.15) is 0 Å². The number of nitrogen functional groups attached to an aromatic ring is 1. The van der Waals surface area contributed by atoms with Gasteiger partial charge < -0.3 is 21.0 Å². The summed E-state index contributed by atoms with van der Waals surface area (Å²) >= 11 is 5.24. The normalized spacial score (nSPS) is 20.3. The first kappa shape index (κ1) is 24.4. The summed E-state index contributed by atoms with van der Waals surface area (Å²) in [6.45, 7) is 3.50. The second-order valence-corrected chi connectivity index (χ2v) is 11.3. The highest BCUT2D eigenvalue weighted by atomic mass is 32.2. The monoisotopic (exact) mass is 541 g/mol. The lowest BCUT2D eigenvalue weighted by Crippen LogP contribution is -2.71. The third-order valence-electron chi connectivity index (χ3n) is 4.58. The fourth-order valence-electron chi connectivity index (χ4n) is 3.14. The first-order valence-electron chi connectivity index (χ1n) is 9.81. The zero-order chi connectivity index (χ0) is 24.4. The highest BCUT2D eigenvalue weighted by molar-refractivity contribution is 8.01. The van der Waals surface area contributed by atoms with E-state index in [1.807, 2.05) is 0 Å². The summed E-state index contributed by atoms with van der Waals surface area (Å²) < 4.78 is 0.711. The Morgan fingerprint density at radius 1 is 1.44 bits per heavy atom. The Balaban J connectivity index is 1.50. The van der Waals surface area contributed by atoms with Crippen LogP contribution in [-0.4, -0.2) is 77.7 Å². The maximum absolute atomic E-state index is 13.0. The van der Waals surface area contributed by atoms with Crippen molar-refractivity contribution < 1.29 is 24.3 Å². The molecule has 1 unspecified atom stereocenters. The molecule has 1 fully saturated rings. The van der Waals surface area contributed by atoms with Crippen LogP contribution >= 0.6 is 46.2 Å². The molecule has 0 radical (unpaired) electrons. The number of amides is 2. The van der Waals surface area contributed by atoms with Gasteiger partial charge >= 0.3 is 5.97 Å². The van der Waals surface area contributed by atoms with E-state index in [1.165, 1.54) is 39.8 Å². The van der Waals surface area contributed by atoms with E-state index < -0.39 is 29.2 Å². The van der Waals surface area contributed by atoms with E-state index in [2.05, 4.69) is 25.7 Å². The number of carbonyl (C=O) groups excluding carboxylic acids is 2. The average molecular weight is 542 g/mol. The Kier molecular flexibility index (Phi) is 7.39. The van der Waals surface area contributed by atoms with Crippen molar-refractivity contribution in [3.63, 3.8) is 0 Å². The molecule has 2 aromatic rings. The van der Waals surface area contributed by atoms with Gasteiger partial charge in [0.25, 0.3) is 11.8 Å². The van der Waals surface area contributed by atoms with E-state index in [4.69, 9.17) is 10.6 Å². The molecule has 2 atom stereocenters. The van der Waals surface area contributed by atoms with Gasteiger partial charge in [-0.15, -0.1) is 33.3 Å². The van der Waals surface area contributed by atoms with Crippen molar-refractivity contribution in [3.8, 4) is 0 Å². The molecular formula is C18H19N7O5S4. The fraction of sp³-hybridized carbons (Fsp3) is 0.389. The number of rotatable bonds is 9. The number of fused-ring (bicyclic) bond motifs is 1. The van der Waals surface area contributed by atoms with Crippen LogP contribution in [0, 0.1) is 0 Å². The van der Waals surface area contributed by atoms with Crippen molar-refractivity contribution in [3.05, 3.63) is 27.9 Å². The number of aliphatic carboxylic acids is 1. The quantitative estimate of drug-likeness (QED) is 0.180. The minimum atomic E-state index is -1.19. The number of thioether (sulfide) groups is 2. The highest BCUT2D eigenvalue weighted by Crippen LogP contribution is 2.41. The van der Waals surface area contributed by atoms with Crippen LogP contribution in [0.5, 0.6) is 0 Å². The highest BCUT2D eigenvalue weighted by Gasteiger charge is 2.54. The van der Waals surface area contributed by atoms with Gasteiger partial charge in [-0.05, 0) is 19.4 Å². The second-order valence-electron chi connectivity index (χ2n) is 7.28. The number of oxime groups is 1. The van der Waals surface area contributed by atoms with E-state index in [1.54, 1.807) is 24.7 Å². The first-order valence-corrected chi connectivity index (χ1v) is 13.6. The number of nitrogens with one attached hydrogen (secondary N) is 1. The Labute approximate surface area is 210 Å². The lowest BCUT2D eigenvalue weighted by atomic mass is 10.0. The number of nitrogens with two attached hydrogens (primary N) is 1. The second kappa shape index (κ2) is 10.3. The van der Waals surface area contributed by atoms with Crippen LogP contribution in [0.25, 0.3) is 0 Å². The van der Waals surface area contributed by atoms with Crippen LogP contribution in [0.4, 0.5) is 5.13 Å². The summed E-state index contributed by atoms with van der Waals surface area (Å²) in [5.41, 5.74) is 7.94. The summed E-state index contributed by atoms with van der Waals surface area (Å²) in [7, 11) is 0. The molecule has 0 aromatic carbocycles. The number of thiazole rings is 1. The van der Waals surface area contributed by atoms with Gasteiger partial charge in [0.05, 0.1) is 0 Å². The summed E-state index contributed by atoms with van der Waals surface area (Å²) in [6, 6.07) is -0.913. The fourth-order valence-corrected chi connectivity index (χ4v) is 6.66. The zero-order valence-corrected chi connectivity index (χ0v) is 21.1. The van der Waals surface area contributed by atoms with E-state index >= 15 is 0 Å². The Morgan fingerprint density at radius 3 is 2.85 bits per heavy atom. The molecule has 2 aliphatic heterocycles. The van der Waals surface area contributed by atoms with Crippen molar-refractivity contribution in [2.75, 3.05) is 17.2 Å². The van der Waals surface area contributed by atoms with Crippen LogP contribution in [-0.2, 0) is 19.2 Å². The van der Waals surface area contributed by atoms with Gasteiger partial charge in [-0.1, -0.05) is 28.3 Å². The van der Waals surface area contributed by atoms with E-state index in [0.717, 1.165) is 11.3 Å². The van der Waals surface area contributed by atoms with Crippen LogP contribution < -0.4 is 11.1 Å². The van der Waals surface area contributed by atoms with Crippen molar-refractivity contribution in [2.45, 2.75) is 35.7 Å². The molecule has 34 heavy (non-hydrogen) atoms. The van der Waals surface area contributed by atoms with Crippen LogP contribution in [0.3, 0.4) is 0 Å². The molecule has 16 heteroatoms. The lowest BCUT2D eigenvalue weighted by molar-refractivity contribution is -0.150. The van der Waals surface area contributed by atoms with Gasteiger partial charge in [0.1, 0.15) is 34.4 Å².